The predicted octanol–water partition coefficient (Wildman–Crippen LogP) is 3.35. The fourth-order valence-electron chi connectivity index (χ4n) is 2.97. The van der Waals surface area contributed by atoms with Crippen molar-refractivity contribution in [3.8, 4) is 0 Å². The minimum atomic E-state index is 0.318. The number of fused-ring (bicyclic) bond motifs is 1. The summed E-state index contributed by atoms with van der Waals surface area (Å²) in [5.41, 5.74) is 4.21. The van der Waals surface area contributed by atoms with Crippen LogP contribution in [0.15, 0.2) is 34.6 Å². The van der Waals surface area contributed by atoms with Crippen LogP contribution < -0.4 is 4.80 Å². The van der Waals surface area contributed by atoms with Gasteiger partial charge in [0.25, 0.3) is 0 Å². The Morgan fingerprint density at radius 1 is 1.38 bits per heavy atom. The largest absolute Gasteiger partial charge is 0.383 e. The second-order valence-electron chi connectivity index (χ2n) is 5.39. The van der Waals surface area contributed by atoms with Gasteiger partial charge in [-0.2, -0.15) is 0 Å². The van der Waals surface area contributed by atoms with Crippen LogP contribution in [0.5, 0.6) is 0 Å². The number of rotatable bonds is 5. The SMILES string of the molecule is CCc1csc(=NC2CCc3ccccc32)n1CCOC. The quantitative estimate of drug-likeness (QED) is 0.832. The number of ether oxygens (including phenoxy) is 1. The zero-order valence-corrected chi connectivity index (χ0v) is 13.5. The molecular weight excluding hydrogens is 280 g/mol. The Morgan fingerprint density at radius 2 is 2.24 bits per heavy atom. The second-order valence-corrected chi connectivity index (χ2v) is 6.23. The molecule has 0 spiro atoms. The third kappa shape index (κ3) is 2.97. The van der Waals surface area contributed by atoms with E-state index in [-0.39, 0.29) is 0 Å². The van der Waals surface area contributed by atoms with E-state index in [1.165, 1.54) is 16.8 Å². The molecule has 3 nitrogen and oxygen atoms in total. The maximum Gasteiger partial charge on any atom is 0.185 e. The van der Waals surface area contributed by atoms with E-state index in [2.05, 4.69) is 41.1 Å². The van der Waals surface area contributed by atoms with Crippen LogP contribution in [0.25, 0.3) is 0 Å². The van der Waals surface area contributed by atoms with Gasteiger partial charge in [-0.15, -0.1) is 11.3 Å². The van der Waals surface area contributed by atoms with Crippen molar-refractivity contribution >= 4 is 11.3 Å². The van der Waals surface area contributed by atoms with E-state index in [1.807, 2.05) is 0 Å². The summed E-state index contributed by atoms with van der Waals surface area (Å²) in [5, 5.41) is 2.23. The lowest BCUT2D eigenvalue weighted by Crippen LogP contribution is -2.20. The minimum absolute atomic E-state index is 0.318. The fourth-order valence-corrected chi connectivity index (χ4v) is 4.03. The number of hydrogen-bond donors (Lipinski definition) is 0. The topological polar surface area (TPSA) is 26.5 Å². The van der Waals surface area contributed by atoms with E-state index in [0.29, 0.717) is 6.04 Å². The lowest BCUT2D eigenvalue weighted by molar-refractivity contribution is 0.185. The molecule has 1 aliphatic carbocycles. The highest BCUT2D eigenvalue weighted by molar-refractivity contribution is 7.07. The molecule has 4 heteroatoms. The molecule has 0 fully saturated rings. The lowest BCUT2D eigenvalue weighted by Gasteiger charge is -2.09. The van der Waals surface area contributed by atoms with Gasteiger partial charge in [-0.25, -0.2) is 0 Å². The first-order chi connectivity index (χ1) is 10.3. The smallest absolute Gasteiger partial charge is 0.185 e. The summed E-state index contributed by atoms with van der Waals surface area (Å²) >= 11 is 1.75. The first kappa shape index (κ1) is 14.5. The van der Waals surface area contributed by atoms with Gasteiger partial charge in [-0.1, -0.05) is 31.2 Å². The average Bonchev–Trinajstić information content (AvgIpc) is 3.10. The van der Waals surface area contributed by atoms with Gasteiger partial charge >= 0.3 is 0 Å². The molecule has 0 N–H and O–H groups in total. The highest BCUT2D eigenvalue weighted by Crippen LogP contribution is 2.33. The molecule has 0 aliphatic heterocycles. The van der Waals surface area contributed by atoms with E-state index < -0.39 is 0 Å². The minimum Gasteiger partial charge on any atom is -0.383 e. The van der Waals surface area contributed by atoms with Crippen molar-refractivity contribution in [1.82, 2.24) is 4.57 Å². The number of nitrogens with zero attached hydrogens (tertiary/aromatic N) is 2. The Bertz CT molecular complexity index is 671. The Labute approximate surface area is 129 Å². The Balaban J connectivity index is 1.95. The van der Waals surface area contributed by atoms with E-state index >= 15 is 0 Å². The highest BCUT2D eigenvalue weighted by Gasteiger charge is 2.21. The molecule has 0 radical (unpaired) electrons. The predicted molar refractivity (Wildman–Crippen MR) is 86.6 cm³/mol. The maximum absolute atomic E-state index is 5.24. The van der Waals surface area contributed by atoms with Gasteiger partial charge in [-0.3, -0.25) is 4.99 Å². The first-order valence-corrected chi connectivity index (χ1v) is 8.49. The fraction of sp³-hybridized carbons (Fsp3) is 0.471. The highest BCUT2D eigenvalue weighted by atomic mass is 32.1. The van der Waals surface area contributed by atoms with Crippen molar-refractivity contribution in [2.45, 2.75) is 38.8 Å². The van der Waals surface area contributed by atoms with Gasteiger partial charge in [0.2, 0.25) is 0 Å². The number of aryl methyl sites for hydroxylation is 2. The molecular formula is C17H22N2OS. The number of benzene rings is 1. The third-order valence-corrected chi connectivity index (χ3v) is 5.05. The summed E-state index contributed by atoms with van der Waals surface area (Å²) in [7, 11) is 1.75. The van der Waals surface area contributed by atoms with Crippen LogP contribution >= 0.6 is 11.3 Å². The molecule has 0 amide bonds. The van der Waals surface area contributed by atoms with Crippen LogP contribution in [0.4, 0.5) is 0 Å². The van der Waals surface area contributed by atoms with Crippen LogP contribution in [-0.2, 0) is 24.1 Å². The van der Waals surface area contributed by atoms with E-state index in [4.69, 9.17) is 9.73 Å². The van der Waals surface area contributed by atoms with Gasteiger partial charge in [0, 0.05) is 24.7 Å². The Morgan fingerprint density at radius 3 is 3.05 bits per heavy atom. The molecule has 0 bridgehead atoms. The van der Waals surface area contributed by atoms with Crippen molar-refractivity contribution in [3.05, 3.63) is 51.3 Å². The van der Waals surface area contributed by atoms with Gasteiger partial charge in [-0.05, 0) is 30.4 Å². The van der Waals surface area contributed by atoms with E-state index in [1.54, 1.807) is 18.4 Å². The summed E-state index contributed by atoms with van der Waals surface area (Å²) in [5.74, 6) is 0. The molecule has 1 aliphatic rings. The summed E-state index contributed by atoms with van der Waals surface area (Å²) in [6.07, 6.45) is 3.31. The first-order valence-electron chi connectivity index (χ1n) is 7.61. The van der Waals surface area contributed by atoms with Crippen LogP contribution in [0.2, 0.25) is 0 Å². The molecule has 1 aromatic heterocycles. The van der Waals surface area contributed by atoms with E-state index in [0.717, 1.165) is 37.2 Å². The number of hydrogen-bond acceptors (Lipinski definition) is 3. The van der Waals surface area contributed by atoms with Crippen molar-refractivity contribution in [2.24, 2.45) is 4.99 Å². The summed E-state index contributed by atoms with van der Waals surface area (Å²) in [6, 6.07) is 9.02. The molecule has 2 aromatic rings. The van der Waals surface area contributed by atoms with Crippen molar-refractivity contribution in [1.29, 1.82) is 0 Å². The number of methoxy groups -OCH3 is 1. The molecule has 1 unspecified atom stereocenters. The van der Waals surface area contributed by atoms with Crippen LogP contribution in [0, 0.1) is 0 Å². The van der Waals surface area contributed by atoms with Gasteiger partial charge in [0.05, 0.1) is 12.6 Å². The summed E-state index contributed by atoms with van der Waals surface area (Å²) < 4.78 is 7.55. The van der Waals surface area contributed by atoms with Gasteiger partial charge in [0.1, 0.15) is 0 Å². The van der Waals surface area contributed by atoms with Gasteiger partial charge < -0.3 is 9.30 Å². The molecule has 3 rings (SSSR count). The number of aromatic nitrogens is 1. The Hall–Kier alpha value is -1.39. The zero-order chi connectivity index (χ0) is 14.7. The zero-order valence-electron chi connectivity index (χ0n) is 12.7. The molecule has 0 saturated heterocycles. The summed E-state index contributed by atoms with van der Waals surface area (Å²) in [6.45, 7) is 3.81. The van der Waals surface area contributed by atoms with Crippen LogP contribution in [-0.4, -0.2) is 18.3 Å². The molecule has 21 heavy (non-hydrogen) atoms. The third-order valence-electron chi connectivity index (χ3n) is 4.13. The maximum atomic E-state index is 5.24. The van der Waals surface area contributed by atoms with Crippen LogP contribution in [0.1, 0.15) is 36.2 Å². The van der Waals surface area contributed by atoms with Crippen molar-refractivity contribution in [3.63, 3.8) is 0 Å². The average molecular weight is 302 g/mol. The van der Waals surface area contributed by atoms with Crippen LogP contribution in [0.3, 0.4) is 0 Å². The summed E-state index contributed by atoms with van der Waals surface area (Å²) in [4.78, 5) is 6.18. The van der Waals surface area contributed by atoms with Crippen molar-refractivity contribution < 1.29 is 4.74 Å². The standard InChI is InChI=1S/C17H22N2OS/c1-3-14-12-21-17(19(14)10-11-20-2)18-16-9-8-13-6-4-5-7-15(13)16/h4-7,12,16H,3,8-11H2,1-2H3. The monoisotopic (exact) mass is 302 g/mol. The second kappa shape index (κ2) is 6.58. The molecule has 1 aromatic carbocycles. The molecule has 1 heterocycles. The number of thiazole rings is 1. The van der Waals surface area contributed by atoms with Crippen molar-refractivity contribution in [2.75, 3.05) is 13.7 Å². The molecule has 1 atom stereocenters. The van der Waals surface area contributed by atoms with E-state index in [9.17, 15) is 0 Å². The normalized spacial score (nSPS) is 18.2. The molecule has 0 saturated carbocycles. The lowest BCUT2D eigenvalue weighted by atomic mass is 10.1. The Kier molecular flexibility index (Phi) is 4.56. The van der Waals surface area contributed by atoms with Gasteiger partial charge in [0.15, 0.2) is 4.80 Å². The molecule has 112 valence electrons.